The minimum absolute atomic E-state index is 0.782. The second-order valence-electron chi connectivity index (χ2n) is 4.74. The molecule has 0 aliphatic carbocycles. The van der Waals surface area contributed by atoms with Gasteiger partial charge in [-0.3, -0.25) is 0 Å². The summed E-state index contributed by atoms with van der Waals surface area (Å²) in [6.07, 6.45) is 0. The van der Waals surface area contributed by atoms with Crippen molar-refractivity contribution in [2.24, 2.45) is 0 Å². The molecule has 0 fully saturated rings. The van der Waals surface area contributed by atoms with E-state index in [0.717, 1.165) is 16.9 Å². The lowest BCUT2D eigenvalue weighted by atomic mass is 10.1. The van der Waals surface area contributed by atoms with Crippen molar-refractivity contribution in [3.05, 3.63) is 64.2 Å². The van der Waals surface area contributed by atoms with Crippen molar-refractivity contribution in [3.63, 3.8) is 0 Å². The summed E-state index contributed by atoms with van der Waals surface area (Å²) >= 11 is 9.39. The van der Waals surface area contributed by atoms with E-state index in [1.54, 1.807) is 0 Å². The molecule has 0 unspecified atom stereocenters. The van der Waals surface area contributed by atoms with Gasteiger partial charge in [-0.15, -0.1) is 0 Å². The van der Waals surface area contributed by atoms with Crippen molar-refractivity contribution in [1.82, 2.24) is 0 Å². The van der Waals surface area contributed by atoms with Crippen molar-refractivity contribution in [3.8, 4) is 0 Å². The Morgan fingerprint density at radius 1 is 1.05 bits per heavy atom. The molecule has 100 valence electrons. The molecule has 0 N–H and O–H groups in total. The topological polar surface area (TPSA) is 3.24 Å². The first-order valence-corrected chi connectivity index (χ1v) is 7.71. The van der Waals surface area contributed by atoms with Crippen LogP contribution in [0.5, 0.6) is 0 Å². The van der Waals surface area contributed by atoms with Crippen LogP contribution < -0.4 is 4.90 Å². The summed E-state index contributed by atoms with van der Waals surface area (Å²) in [5.74, 6) is 0. The van der Waals surface area contributed by atoms with E-state index in [1.165, 1.54) is 22.4 Å². The van der Waals surface area contributed by atoms with Gasteiger partial charge in [0.1, 0.15) is 0 Å². The summed E-state index contributed by atoms with van der Waals surface area (Å²) in [6.45, 7) is 3.03. The van der Waals surface area contributed by atoms with Crippen molar-refractivity contribution in [2.45, 2.75) is 18.8 Å². The summed E-state index contributed by atoms with van der Waals surface area (Å²) in [6, 6.07) is 14.6. The zero-order valence-corrected chi connectivity index (χ0v) is 13.5. The lowest BCUT2D eigenvalue weighted by molar-refractivity contribution is 0.917. The average Bonchev–Trinajstić information content (AvgIpc) is 2.41. The fourth-order valence-corrected chi connectivity index (χ4v) is 2.65. The lowest BCUT2D eigenvalue weighted by Crippen LogP contribution is -2.17. The molecule has 0 spiro atoms. The van der Waals surface area contributed by atoms with Crippen molar-refractivity contribution in [1.29, 1.82) is 0 Å². The highest BCUT2D eigenvalue weighted by atomic mass is 79.9. The van der Waals surface area contributed by atoms with Gasteiger partial charge in [-0.2, -0.15) is 0 Å². The first-order valence-electron chi connectivity index (χ1n) is 6.21. The number of nitrogens with zero attached hydrogens (tertiary/aromatic N) is 1. The summed E-state index contributed by atoms with van der Waals surface area (Å²) in [4.78, 5) is 2.26. The van der Waals surface area contributed by atoms with Gasteiger partial charge in [0.05, 0.1) is 0 Å². The monoisotopic (exact) mass is 337 g/mol. The summed E-state index contributed by atoms with van der Waals surface area (Å²) < 4.78 is 0. The standard InChI is InChI=1S/C16H17BrClN/c1-12-9-14(10-17)5-8-16(12)19(2)11-13-3-6-15(18)7-4-13/h3-9H,10-11H2,1-2H3. The Bertz CT molecular complexity index is 551. The van der Waals surface area contributed by atoms with E-state index < -0.39 is 0 Å². The molecule has 0 atom stereocenters. The van der Waals surface area contributed by atoms with Gasteiger partial charge in [-0.05, 0) is 41.8 Å². The maximum absolute atomic E-state index is 5.91. The number of anilines is 1. The molecule has 0 bridgehead atoms. The average molecular weight is 339 g/mol. The first kappa shape index (κ1) is 14.4. The Kier molecular flexibility index (Phi) is 4.89. The number of alkyl halides is 1. The molecule has 0 amide bonds. The van der Waals surface area contributed by atoms with Crippen molar-refractivity contribution >= 4 is 33.2 Å². The summed E-state index contributed by atoms with van der Waals surface area (Å²) in [7, 11) is 2.12. The lowest BCUT2D eigenvalue weighted by Gasteiger charge is -2.22. The number of aryl methyl sites for hydroxylation is 1. The molecule has 2 rings (SSSR count). The van der Waals surface area contributed by atoms with Gasteiger partial charge in [0.25, 0.3) is 0 Å². The predicted molar refractivity (Wildman–Crippen MR) is 87.4 cm³/mol. The van der Waals surface area contributed by atoms with E-state index in [1.807, 2.05) is 12.1 Å². The number of benzene rings is 2. The largest absolute Gasteiger partial charge is 0.370 e. The van der Waals surface area contributed by atoms with Crippen LogP contribution in [0.25, 0.3) is 0 Å². The van der Waals surface area contributed by atoms with E-state index >= 15 is 0 Å². The van der Waals surface area contributed by atoms with Gasteiger partial charge in [0.15, 0.2) is 0 Å². The SMILES string of the molecule is Cc1cc(CBr)ccc1N(C)Cc1ccc(Cl)cc1. The molecule has 0 heterocycles. The Labute approximate surface area is 128 Å². The van der Waals surface area contributed by atoms with Crippen LogP contribution in [0.15, 0.2) is 42.5 Å². The van der Waals surface area contributed by atoms with Crippen molar-refractivity contribution in [2.75, 3.05) is 11.9 Å². The summed E-state index contributed by atoms with van der Waals surface area (Å²) in [5, 5.41) is 1.68. The van der Waals surface area contributed by atoms with Crippen LogP contribution in [0.2, 0.25) is 5.02 Å². The Balaban J connectivity index is 2.15. The maximum Gasteiger partial charge on any atom is 0.0426 e. The zero-order chi connectivity index (χ0) is 13.8. The Hall–Kier alpha value is -0.990. The van der Waals surface area contributed by atoms with E-state index in [-0.39, 0.29) is 0 Å². The Morgan fingerprint density at radius 3 is 2.26 bits per heavy atom. The minimum atomic E-state index is 0.782. The molecule has 0 aromatic heterocycles. The van der Waals surface area contributed by atoms with Gasteiger partial charge in [-0.1, -0.05) is 51.8 Å². The highest BCUT2D eigenvalue weighted by Gasteiger charge is 2.06. The van der Waals surface area contributed by atoms with E-state index in [9.17, 15) is 0 Å². The molecule has 3 heteroatoms. The van der Waals surface area contributed by atoms with Crippen LogP contribution in [-0.4, -0.2) is 7.05 Å². The molecular weight excluding hydrogens is 322 g/mol. The molecule has 0 saturated heterocycles. The molecule has 1 nitrogen and oxygen atoms in total. The third kappa shape index (κ3) is 3.74. The second kappa shape index (κ2) is 6.44. The van der Waals surface area contributed by atoms with Crippen LogP contribution in [0.3, 0.4) is 0 Å². The molecule has 0 aliphatic rings. The van der Waals surface area contributed by atoms with Crippen LogP contribution in [0.4, 0.5) is 5.69 Å². The van der Waals surface area contributed by atoms with E-state index in [2.05, 4.69) is 65.1 Å². The number of rotatable bonds is 4. The number of hydrogen-bond acceptors (Lipinski definition) is 1. The van der Waals surface area contributed by atoms with Crippen molar-refractivity contribution < 1.29 is 0 Å². The van der Waals surface area contributed by atoms with Crippen LogP contribution >= 0.6 is 27.5 Å². The second-order valence-corrected chi connectivity index (χ2v) is 5.73. The van der Waals surface area contributed by atoms with Crippen LogP contribution in [-0.2, 0) is 11.9 Å². The quantitative estimate of drug-likeness (QED) is 0.694. The third-order valence-electron chi connectivity index (χ3n) is 3.16. The van der Waals surface area contributed by atoms with Gasteiger partial charge in [0, 0.05) is 29.6 Å². The molecule has 0 aliphatic heterocycles. The van der Waals surface area contributed by atoms with Gasteiger partial charge in [-0.25, -0.2) is 0 Å². The van der Waals surface area contributed by atoms with E-state index in [4.69, 9.17) is 11.6 Å². The molecular formula is C16H17BrClN. The number of hydrogen-bond donors (Lipinski definition) is 0. The predicted octanol–water partition coefficient (Wildman–Crippen LogP) is 5.18. The zero-order valence-electron chi connectivity index (χ0n) is 11.2. The van der Waals surface area contributed by atoms with E-state index in [0.29, 0.717) is 0 Å². The normalized spacial score (nSPS) is 10.5. The highest BCUT2D eigenvalue weighted by molar-refractivity contribution is 9.08. The fraction of sp³-hybridized carbons (Fsp3) is 0.250. The molecule has 2 aromatic carbocycles. The number of halogens is 2. The smallest absolute Gasteiger partial charge is 0.0426 e. The first-order chi connectivity index (χ1) is 9.10. The summed E-state index contributed by atoms with van der Waals surface area (Å²) in [5.41, 5.74) is 5.13. The molecule has 0 radical (unpaired) electrons. The van der Waals surface area contributed by atoms with Crippen LogP contribution in [0.1, 0.15) is 16.7 Å². The van der Waals surface area contributed by atoms with Gasteiger partial charge in [0.2, 0.25) is 0 Å². The maximum atomic E-state index is 5.91. The molecule has 19 heavy (non-hydrogen) atoms. The minimum Gasteiger partial charge on any atom is -0.370 e. The third-order valence-corrected chi connectivity index (χ3v) is 4.06. The molecule has 2 aromatic rings. The Morgan fingerprint density at radius 2 is 1.68 bits per heavy atom. The fourth-order valence-electron chi connectivity index (χ4n) is 2.18. The van der Waals surface area contributed by atoms with Gasteiger partial charge < -0.3 is 4.90 Å². The van der Waals surface area contributed by atoms with Crippen LogP contribution in [0, 0.1) is 6.92 Å². The van der Waals surface area contributed by atoms with Gasteiger partial charge >= 0.3 is 0 Å². The highest BCUT2D eigenvalue weighted by Crippen LogP contribution is 2.23. The molecule has 0 saturated carbocycles.